The van der Waals surface area contributed by atoms with Gasteiger partial charge in [0.25, 0.3) is 0 Å². The second-order valence-corrected chi connectivity index (χ2v) is 3.52. The number of aliphatic hydroxyl groups excluding tert-OH is 1. The summed E-state index contributed by atoms with van der Waals surface area (Å²) < 4.78 is 0. The second kappa shape index (κ2) is 6.00. The van der Waals surface area contributed by atoms with Crippen LogP contribution in [0.4, 0.5) is 0 Å². The Morgan fingerprint density at radius 3 is 2.42 bits per heavy atom. The van der Waals surface area contributed by atoms with E-state index < -0.39 is 0 Å². The van der Waals surface area contributed by atoms with Gasteiger partial charge in [-0.2, -0.15) is 0 Å². The molecule has 0 fully saturated rings. The fraction of sp³-hybridized carbons (Fsp3) is 0.889. The van der Waals surface area contributed by atoms with Crippen LogP contribution in [0.5, 0.6) is 0 Å². The molecule has 0 aliphatic carbocycles. The average molecular weight is 173 g/mol. The maximum absolute atomic E-state index is 11.1. The van der Waals surface area contributed by atoms with E-state index in [1.165, 1.54) is 0 Å². The largest absolute Gasteiger partial charge is 0.396 e. The van der Waals surface area contributed by atoms with E-state index in [0.717, 1.165) is 6.42 Å². The Balaban J connectivity index is 3.47. The van der Waals surface area contributed by atoms with Gasteiger partial charge in [-0.05, 0) is 12.3 Å². The number of carbonyl (C=O) groups is 1. The van der Waals surface area contributed by atoms with Crippen LogP contribution >= 0.6 is 0 Å². The molecule has 0 saturated carbocycles. The summed E-state index contributed by atoms with van der Waals surface area (Å²) in [6, 6.07) is 0. The topological polar surface area (TPSA) is 49.3 Å². The van der Waals surface area contributed by atoms with E-state index in [1.54, 1.807) is 0 Å². The van der Waals surface area contributed by atoms with Crippen molar-refractivity contribution in [2.45, 2.75) is 27.2 Å². The first-order valence-corrected chi connectivity index (χ1v) is 4.46. The second-order valence-electron chi connectivity index (χ2n) is 3.52. The van der Waals surface area contributed by atoms with Crippen molar-refractivity contribution in [3.05, 3.63) is 0 Å². The van der Waals surface area contributed by atoms with Gasteiger partial charge in [-0.1, -0.05) is 20.8 Å². The number of amides is 1. The summed E-state index contributed by atoms with van der Waals surface area (Å²) in [6.45, 7) is 6.60. The van der Waals surface area contributed by atoms with Crippen LogP contribution in [0, 0.1) is 11.8 Å². The maximum Gasteiger partial charge on any atom is 0.222 e. The Kier molecular flexibility index (Phi) is 5.72. The molecule has 3 nitrogen and oxygen atoms in total. The van der Waals surface area contributed by atoms with E-state index in [1.807, 2.05) is 20.8 Å². The average Bonchev–Trinajstić information content (AvgIpc) is 2.00. The summed E-state index contributed by atoms with van der Waals surface area (Å²) in [7, 11) is 0. The molecule has 0 spiro atoms. The van der Waals surface area contributed by atoms with Crippen molar-refractivity contribution in [1.82, 2.24) is 5.32 Å². The molecular formula is C9H19NO2. The first kappa shape index (κ1) is 11.4. The van der Waals surface area contributed by atoms with E-state index in [-0.39, 0.29) is 18.4 Å². The summed E-state index contributed by atoms with van der Waals surface area (Å²) in [4.78, 5) is 11.1. The van der Waals surface area contributed by atoms with Crippen molar-refractivity contribution >= 4 is 5.91 Å². The minimum Gasteiger partial charge on any atom is -0.396 e. The molecule has 0 bridgehead atoms. The van der Waals surface area contributed by atoms with Gasteiger partial charge in [0.2, 0.25) is 5.91 Å². The fourth-order valence-electron chi connectivity index (χ4n) is 0.801. The van der Waals surface area contributed by atoms with Gasteiger partial charge in [0.1, 0.15) is 0 Å². The first-order chi connectivity index (χ1) is 5.57. The van der Waals surface area contributed by atoms with Gasteiger partial charge >= 0.3 is 0 Å². The lowest BCUT2D eigenvalue weighted by Gasteiger charge is -2.12. The zero-order valence-corrected chi connectivity index (χ0v) is 8.13. The predicted molar refractivity (Wildman–Crippen MR) is 48.7 cm³/mol. The third kappa shape index (κ3) is 5.13. The number of hydrogen-bond acceptors (Lipinski definition) is 2. The summed E-state index contributed by atoms with van der Waals surface area (Å²) >= 11 is 0. The highest BCUT2D eigenvalue weighted by atomic mass is 16.3. The van der Waals surface area contributed by atoms with Gasteiger partial charge in [0, 0.05) is 19.1 Å². The van der Waals surface area contributed by atoms with Gasteiger partial charge in [-0.3, -0.25) is 4.79 Å². The minimum absolute atomic E-state index is 0.0475. The van der Waals surface area contributed by atoms with Crippen LogP contribution < -0.4 is 5.32 Å². The Labute approximate surface area is 74.2 Å². The molecule has 0 aliphatic heterocycles. The third-order valence-electron chi connectivity index (χ3n) is 1.77. The van der Waals surface area contributed by atoms with Crippen LogP contribution in [0.2, 0.25) is 0 Å². The molecule has 1 unspecified atom stereocenters. The molecule has 0 rings (SSSR count). The highest BCUT2D eigenvalue weighted by molar-refractivity contribution is 5.77. The lowest BCUT2D eigenvalue weighted by atomic mass is 10.1. The fourth-order valence-corrected chi connectivity index (χ4v) is 0.801. The standard InChI is InChI=1S/C9H19NO2/c1-7(2)9(12)10-6-8(3)4-5-11/h7-8,11H,4-6H2,1-3H3,(H,10,12). The lowest BCUT2D eigenvalue weighted by Crippen LogP contribution is -2.31. The van der Waals surface area contributed by atoms with E-state index >= 15 is 0 Å². The smallest absolute Gasteiger partial charge is 0.222 e. The van der Waals surface area contributed by atoms with Gasteiger partial charge in [0.05, 0.1) is 0 Å². The van der Waals surface area contributed by atoms with Crippen LogP contribution in [-0.4, -0.2) is 24.2 Å². The first-order valence-electron chi connectivity index (χ1n) is 4.46. The number of hydrogen-bond donors (Lipinski definition) is 2. The van der Waals surface area contributed by atoms with Crippen molar-refractivity contribution < 1.29 is 9.90 Å². The van der Waals surface area contributed by atoms with Gasteiger partial charge in [-0.25, -0.2) is 0 Å². The highest BCUT2D eigenvalue weighted by Gasteiger charge is 2.07. The number of aliphatic hydroxyl groups is 1. The van der Waals surface area contributed by atoms with Crippen LogP contribution in [0.1, 0.15) is 27.2 Å². The van der Waals surface area contributed by atoms with Crippen LogP contribution in [0.3, 0.4) is 0 Å². The van der Waals surface area contributed by atoms with E-state index in [2.05, 4.69) is 5.32 Å². The SMILES string of the molecule is CC(CCO)CNC(=O)C(C)C. The molecule has 0 aromatic heterocycles. The molecule has 1 amide bonds. The van der Waals surface area contributed by atoms with Crippen LogP contribution in [0.15, 0.2) is 0 Å². The van der Waals surface area contributed by atoms with Crippen molar-refractivity contribution in [2.24, 2.45) is 11.8 Å². The number of rotatable bonds is 5. The van der Waals surface area contributed by atoms with E-state index in [4.69, 9.17) is 5.11 Å². The zero-order chi connectivity index (χ0) is 9.56. The molecular weight excluding hydrogens is 154 g/mol. The predicted octanol–water partition coefficient (Wildman–Crippen LogP) is 0.777. The summed E-state index contributed by atoms with van der Waals surface area (Å²) in [5, 5.41) is 11.4. The number of carbonyl (C=O) groups excluding carboxylic acids is 1. The van der Waals surface area contributed by atoms with Crippen LogP contribution in [0.25, 0.3) is 0 Å². The molecule has 0 radical (unpaired) electrons. The normalized spacial score (nSPS) is 13.1. The molecule has 3 heteroatoms. The molecule has 0 aromatic rings. The van der Waals surface area contributed by atoms with Crippen molar-refractivity contribution in [1.29, 1.82) is 0 Å². The molecule has 0 heterocycles. The van der Waals surface area contributed by atoms with Gasteiger partial charge in [-0.15, -0.1) is 0 Å². The minimum atomic E-state index is 0.0475. The summed E-state index contributed by atoms with van der Waals surface area (Å²) in [5.41, 5.74) is 0. The van der Waals surface area contributed by atoms with Crippen molar-refractivity contribution in [3.8, 4) is 0 Å². The molecule has 0 saturated heterocycles. The molecule has 2 N–H and O–H groups in total. The quantitative estimate of drug-likeness (QED) is 0.645. The van der Waals surface area contributed by atoms with Crippen molar-refractivity contribution in [3.63, 3.8) is 0 Å². The van der Waals surface area contributed by atoms with E-state index in [9.17, 15) is 4.79 Å². The third-order valence-corrected chi connectivity index (χ3v) is 1.77. The molecule has 0 aromatic carbocycles. The molecule has 72 valence electrons. The lowest BCUT2D eigenvalue weighted by molar-refractivity contribution is -0.124. The van der Waals surface area contributed by atoms with Gasteiger partial charge < -0.3 is 10.4 Å². The summed E-state index contributed by atoms with van der Waals surface area (Å²) in [5.74, 6) is 0.490. The Hall–Kier alpha value is -0.570. The highest BCUT2D eigenvalue weighted by Crippen LogP contribution is 1.99. The Morgan fingerprint density at radius 1 is 1.42 bits per heavy atom. The number of nitrogens with one attached hydrogen (secondary N) is 1. The Bertz CT molecular complexity index is 134. The van der Waals surface area contributed by atoms with Gasteiger partial charge in [0.15, 0.2) is 0 Å². The van der Waals surface area contributed by atoms with E-state index in [0.29, 0.717) is 12.5 Å². The zero-order valence-electron chi connectivity index (χ0n) is 8.13. The molecule has 12 heavy (non-hydrogen) atoms. The molecule has 0 aliphatic rings. The Morgan fingerprint density at radius 2 is 2.00 bits per heavy atom. The molecule has 1 atom stereocenters. The monoisotopic (exact) mass is 173 g/mol. The van der Waals surface area contributed by atoms with Crippen LogP contribution in [-0.2, 0) is 4.79 Å². The van der Waals surface area contributed by atoms with Crippen molar-refractivity contribution in [2.75, 3.05) is 13.2 Å². The maximum atomic E-state index is 11.1. The summed E-state index contributed by atoms with van der Waals surface area (Å²) in [6.07, 6.45) is 0.748.